The Hall–Kier alpha value is -4.91. The second-order valence-electron chi connectivity index (χ2n) is 7.65. The summed E-state index contributed by atoms with van der Waals surface area (Å²) in [5.74, 6) is 0.834. The first-order valence-electron chi connectivity index (χ1n) is 11.2. The van der Waals surface area contributed by atoms with E-state index >= 15 is 0 Å². The van der Waals surface area contributed by atoms with E-state index in [2.05, 4.69) is 10.5 Å². The van der Waals surface area contributed by atoms with Crippen molar-refractivity contribution >= 4 is 18.1 Å². The molecule has 0 radical (unpaired) electrons. The zero-order valence-electron chi connectivity index (χ0n) is 19.4. The number of benzene rings is 4. The van der Waals surface area contributed by atoms with Gasteiger partial charge in [-0.15, -0.1) is 0 Å². The summed E-state index contributed by atoms with van der Waals surface area (Å²) in [5, 5.41) is 3.93. The van der Waals surface area contributed by atoms with Crippen LogP contribution in [0.2, 0.25) is 0 Å². The van der Waals surface area contributed by atoms with Gasteiger partial charge in [0.1, 0.15) is 23.9 Å². The zero-order chi connectivity index (χ0) is 25.0. The predicted octanol–water partition coefficient (Wildman–Crippen LogP) is 5.01. The highest BCUT2D eigenvalue weighted by Crippen LogP contribution is 2.19. The number of esters is 1. The maximum Gasteiger partial charge on any atom is 0.343 e. The number of carbonyl (C=O) groups excluding carboxylic acids is 2. The third-order valence-corrected chi connectivity index (χ3v) is 4.94. The highest BCUT2D eigenvalue weighted by molar-refractivity contribution is 5.91. The molecule has 4 aromatic carbocycles. The number of nitrogens with one attached hydrogen (secondary N) is 1. The average molecular weight is 481 g/mol. The Morgan fingerprint density at radius 3 is 1.94 bits per heavy atom. The van der Waals surface area contributed by atoms with E-state index in [0.717, 1.165) is 11.1 Å². The van der Waals surface area contributed by atoms with E-state index in [1.165, 1.54) is 6.21 Å². The van der Waals surface area contributed by atoms with Gasteiger partial charge in [0.25, 0.3) is 5.91 Å². The quantitative estimate of drug-likeness (QED) is 0.149. The van der Waals surface area contributed by atoms with Crippen molar-refractivity contribution in [1.82, 2.24) is 5.43 Å². The fourth-order valence-electron chi connectivity index (χ4n) is 3.10. The number of amides is 1. The first-order valence-corrected chi connectivity index (χ1v) is 11.2. The Morgan fingerprint density at radius 1 is 0.694 bits per heavy atom. The molecule has 0 bridgehead atoms. The molecule has 0 aromatic heterocycles. The predicted molar refractivity (Wildman–Crippen MR) is 136 cm³/mol. The average Bonchev–Trinajstić information content (AvgIpc) is 2.93. The van der Waals surface area contributed by atoms with Gasteiger partial charge in [0.05, 0.1) is 11.8 Å². The van der Waals surface area contributed by atoms with Gasteiger partial charge in [-0.3, -0.25) is 4.79 Å². The number of ether oxygens (including phenoxy) is 3. The normalized spacial score (nSPS) is 10.6. The third-order valence-electron chi connectivity index (χ3n) is 4.94. The first-order chi connectivity index (χ1) is 17.7. The van der Waals surface area contributed by atoms with Crippen LogP contribution in [0, 0.1) is 0 Å². The standard InChI is InChI=1S/C29H24N2O5/c32-28(21-35-26-17-15-25(16-18-26)34-20-23-7-3-1-4-8-23)31-30-19-22-11-13-27(14-12-22)36-29(33)24-9-5-2-6-10-24/h1-19H,20-21H2,(H,31,32). The summed E-state index contributed by atoms with van der Waals surface area (Å²) in [6, 6.07) is 32.4. The molecule has 1 amide bonds. The van der Waals surface area contributed by atoms with E-state index < -0.39 is 11.9 Å². The van der Waals surface area contributed by atoms with Crippen molar-refractivity contribution in [2.24, 2.45) is 5.10 Å². The molecule has 0 atom stereocenters. The number of rotatable bonds is 10. The van der Waals surface area contributed by atoms with Crippen LogP contribution in [0.4, 0.5) is 0 Å². The van der Waals surface area contributed by atoms with E-state index in [-0.39, 0.29) is 6.61 Å². The van der Waals surface area contributed by atoms with Crippen LogP contribution in [0.15, 0.2) is 114 Å². The molecule has 1 N–H and O–H groups in total. The molecule has 4 aromatic rings. The molecule has 7 nitrogen and oxygen atoms in total. The lowest BCUT2D eigenvalue weighted by Crippen LogP contribution is -2.24. The maximum absolute atomic E-state index is 12.1. The van der Waals surface area contributed by atoms with E-state index in [0.29, 0.717) is 29.4 Å². The Kier molecular flexibility index (Phi) is 8.43. The third kappa shape index (κ3) is 7.56. The van der Waals surface area contributed by atoms with E-state index in [9.17, 15) is 9.59 Å². The molecule has 0 aliphatic heterocycles. The SMILES string of the molecule is O=C(COc1ccc(OCc2ccccc2)cc1)NN=Cc1ccc(OC(=O)c2ccccc2)cc1. The van der Waals surface area contributed by atoms with Crippen LogP contribution in [0.5, 0.6) is 17.2 Å². The Labute approximate surface area is 209 Å². The van der Waals surface area contributed by atoms with Gasteiger partial charge in [0.15, 0.2) is 6.61 Å². The van der Waals surface area contributed by atoms with Crippen molar-refractivity contribution in [1.29, 1.82) is 0 Å². The van der Waals surface area contributed by atoms with Crippen molar-refractivity contribution in [3.63, 3.8) is 0 Å². The molecule has 7 heteroatoms. The monoisotopic (exact) mass is 480 g/mol. The van der Waals surface area contributed by atoms with Crippen LogP contribution < -0.4 is 19.6 Å². The van der Waals surface area contributed by atoms with Gasteiger partial charge in [-0.25, -0.2) is 10.2 Å². The molecule has 0 fully saturated rings. The number of carbonyl (C=O) groups is 2. The Morgan fingerprint density at radius 2 is 1.28 bits per heavy atom. The lowest BCUT2D eigenvalue weighted by molar-refractivity contribution is -0.123. The van der Waals surface area contributed by atoms with Crippen molar-refractivity contribution in [2.45, 2.75) is 6.61 Å². The molecule has 0 spiro atoms. The molecule has 0 heterocycles. The summed E-state index contributed by atoms with van der Waals surface area (Å²) in [6.07, 6.45) is 1.49. The molecule has 0 saturated heterocycles. The highest BCUT2D eigenvalue weighted by atomic mass is 16.5. The minimum absolute atomic E-state index is 0.185. The number of nitrogens with zero attached hydrogens (tertiary/aromatic N) is 1. The number of hydrogen-bond donors (Lipinski definition) is 1. The summed E-state index contributed by atoms with van der Waals surface area (Å²) >= 11 is 0. The van der Waals surface area contributed by atoms with Crippen molar-refractivity contribution < 1.29 is 23.8 Å². The molecule has 0 unspecified atom stereocenters. The van der Waals surface area contributed by atoms with Gasteiger partial charge in [0.2, 0.25) is 0 Å². The largest absolute Gasteiger partial charge is 0.489 e. The first kappa shape index (κ1) is 24.2. The molecule has 36 heavy (non-hydrogen) atoms. The summed E-state index contributed by atoms with van der Waals surface area (Å²) in [4.78, 5) is 24.1. The second kappa shape index (κ2) is 12.5. The Balaban J connectivity index is 1.17. The van der Waals surface area contributed by atoms with Gasteiger partial charge >= 0.3 is 5.97 Å². The van der Waals surface area contributed by atoms with Gasteiger partial charge < -0.3 is 14.2 Å². The van der Waals surface area contributed by atoms with E-state index in [4.69, 9.17) is 14.2 Å². The van der Waals surface area contributed by atoms with E-state index in [1.807, 2.05) is 36.4 Å². The summed E-state index contributed by atoms with van der Waals surface area (Å²) in [5.41, 5.74) is 4.69. The van der Waals surface area contributed by atoms with Crippen LogP contribution in [0.3, 0.4) is 0 Å². The van der Waals surface area contributed by atoms with Crippen LogP contribution in [-0.2, 0) is 11.4 Å². The molecule has 4 rings (SSSR count). The molecule has 0 saturated carbocycles. The minimum Gasteiger partial charge on any atom is -0.489 e. The Bertz CT molecular complexity index is 1290. The highest BCUT2D eigenvalue weighted by Gasteiger charge is 2.07. The fourth-order valence-corrected chi connectivity index (χ4v) is 3.10. The summed E-state index contributed by atoms with van der Waals surface area (Å²) in [6.45, 7) is 0.291. The maximum atomic E-state index is 12.1. The van der Waals surface area contributed by atoms with Crippen LogP contribution in [0.25, 0.3) is 0 Å². The van der Waals surface area contributed by atoms with Gasteiger partial charge in [-0.05, 0) is 71.8 Å². The van der Waals surface area contributed by atoms with Crippen LogP contribution >= 0.6 is 0 Å². The molecular formula is C29H24N2O5. The van der Waals surface area contributed by atoms with Crippen LogP contribution in [0.1, 0.15) is 21.5 Å². The number of hydrazone groups is 1. The second-order valence-corrected chi connectivity index (χ2v) is 7.65. The summed E-state index contributed by atoms with van der Waals surface area (Å²) < 4.78 is 16.6. The topological polar surface area (TPSA) is 86.2 Å². The molecule has 180 valence electrons. The fraction of sp³-hybridized carbons (Fsp3) is 0.0690. The van der Waals surface area contributed by atoms with Crippen LogP contribution in [-0.4, -0.2) is 24.7 Å². The lowest BCUT2D eigenvalue weighted by atomic mass is 10.2. The van der Waals surface area contributed by atoms with Gasteiger partial charge in [-0.2, -0.15) is 5.10 Å². The van der Waals surface area contributed by atoms with Crippen molar-refractivity contribution in [3.05, 3.63) is 126 Å². The van der Waals surface area contributed by atoms with Gasteiger partial charge in [-0.1, -0.05) is 48.5 Å². The molecule has 0 aliphatic carbocycles. The smallest absolute Gasteiger partial charge is 0.343 e. The van der Waals surface area contributed by atoms with Gasteiger partial charge in [0, 0.05) is 0 Å². The van der Waals surface area contributed by atoms with Crippen molar-refractivity contribution in [2.75, 3.05) is 6.61 Å². The van der Waals surface area contributed by atoms with E-state index in [1.54, 1.807) is 72.8 Å². The lowest BCUT2D eigenvalue weighted by Gasteiger charge is -2.08. The minimum atomic E-state index is -0.432. The molecular weight excluding hydrogens is 456 g/mol. The van der Waals surface area contributed by atoms with Crippen molar-refractivity contribution in [3.8, 4) is 17.2 Å². The summed E-state index contributed by atoms with van der Waals surface area (Å²) in [7, 11) is 0. The number of hydrogen-bond acceptors (Lipinski definition) is 6. The molecule has 0 aliphatic rings. The zero-order valence-corrected chi connectivity index (χ0v) is 19.4.